The summed E-state index contributed by atoms with van der Waals surface area (Å²) >= 11 is 0. The SMILES string of the molecule is CC(C)(C)OC(=O)N1CC(c2[nH]nc3c(C(=O)O)cccc23)C1. The van der Waals surface area contributed by atoms with Crippen LogP contribution in [0.2, 0.25) is 0 Å². The lowest BCUT2D eigenvalue weighted by molar-refractivity contribution is 0.00795. The van der Waals surface area contributed by atoms with E-state index >= 15 is 0 Å². The Morgan fingerprint density at radius 2 is 2.04 bits per heavy atom. The molecule has 7 nitrogen and oxygen atoms in total. The van der Waals surface area contributed by atoms with Crippen molar-refractivity contribution in [2.45, 2.75) is 32.3 Å². The third-order valence-electron chi connectivity index (χ3n) is 3.79. The second kappa shape index (κ2) is 5.26. The summed E-state index contributed by atoms with van der Waals surface area (Å²) < 4.78 is 5.33. The van der Waals surface area contributed by atoms with Gasteiger partial charge in [-0.15, -0.1) is 0 Å². The second-order valence-electron chi connectivity index (χ2n) is 6.73. The number of amides is 1. The maximum Gasteiger partial charge on any atom is 0.410 e. The molecule has 122 valence electrons. The van der Waals surface area contributed by atoms with E-state index < -0.39 is 11.6 Å². The van der Waals surface area contributed by atoms with Gasteiger partial charge >= 0.3 is 12.1 Å². The number of ether oxygens (including phenoxy) is 1. The molecule has 1 aliphatic heterocycles. The van der Waals surface area contributed by atoms with E-state index in [0.29, 0.717) is 18.6 Å². The molecule has 1 aromatic heterocycles. The van der Waals surface area contributed by atoms with Crippen molar-refractivity contribution in [3.63, 3.8) is 0 Å². The Balaban J connectivity index is 1.76. The maximum atomic E-state index is 12.0. The van der Waals surface area contributed by atoms with E-state index in [1.807, 2.05) is 26.8 Å². The summed E-state index contributed by atoms with van der Waals surface area (Å²) in [6, 6.07) is 5.08. The molecule has 1 saturated heterocycles. The molecule has 0 saturated carbocycles. The van der Waals surface area contributed by atoms with Gasteiger partial charge in [0.2, 0.25) is 0 Å². The first-order valence-electron chi connectivity index (χ1n) is 7.44. The predicted molar refractivity (Wildman–Crippen MR) is 83.6 cm³/mol. The number of likely N-dealkylation sites (tertiary alicyclic amines) is 1. The van der Waals surface area contributed by atoms with Crippen LogP contribution in [-0.2, 0) is 4.74 Å². The molecule has 3 rings (SSSR count). The molecule has 0 unspecified atom stereocenters. The van der Waals surface area contributed by atoms with Crippen LogP contribution in [0, 0.1) is 0 Å². The molecular formula is C16H19N3O4. The summed E-state index contributed by atoms with van der Waals surface area (Å²) in [6.07, 6.45) is -0.330. The van der Waals surface area contributed by atoms with Crippen molar-refractivity contribution in [2.24, 2.45) is 0 Å². The number of fused-ring (bicyclic) bond motifs is 1. The molecule has 0 radical (unpaired) electrons. The summed E-state index contributed by atoms with van der Waals surface area (Å²) in [5.41, 5.74) is 0.973. The first kappa shape index (κ1) is 15.3. The summed E-state index contributed by atoms with van der Waals surface area (Å²) in [7, 11) is 0. The molecule has 2 heterocycles. The highest BCUT2D eigenvalue weighted by atomic mass is 16.6. The van der Waals surface area contributed by atoms with E-state index in [0.717, 1.165) is 11.1 Å². The van der Waals surface area contributed by atoms with E-state index in [-0.39, 0.29) is 17.6 Å². The summed E-state index contributed by atoms with van der Waals surface area (Å²) in [5.74, 6) is -0.894. The Morgan fingerprint density at radius 1 is 1.35 bits per heavy atom. The van der Waals surface area contributed by atoms with Gasteiger partial charge in [0.1, 0.15) is 11.1 Å². The van der Waals surface area contributed by atoms with E-state index in [1.165, 1.54) is 6.07 Å². The number of para-hydroxylation sites is 1. The Morgan fingerprint density at radius 3 is 2.65 bits per heavy atom. The number of carboxylic acids is 1. The predicted octanol–water partition coefficient (Wildman–Crippen LogP) is 2.60. The molecule has 0 spiro atoms. The molecule has 1 fully saturated rings. The molecule has 2 aromatic rings. The maximum absolute atomic E-state index is 12.0. The highest BCUT2D eigenvalue weighted by Gasteiger charge is 2.36. The fraction of sp³-hybridized carbons (Fsp3) is 0.438. The van der Waals surface area contributed by atoms with E-state index in [4.69, 9.17) is 4.74 Å². The Bertz CT molecular complexity index is 769. The summed E-state index contributed by atoms with van der Waals surface area (Å²) in [4.78, 5) is 24.8. The Labute approximate surface area is 133 Å². The van der Waals surface area contributed by atoms with Crippen molar-refractivity contribution in [3.8, 4) is 0 Å². The monoisotopic (exact) mass is 317 g/mol. The van der Waals surface area contributed by atoms with E-state index in [2.05, 4.69) is 10.2 Å². The van der Waals surface area contributed by atoms with Crippen LogP contribution >= 0.6 is 0 Å². The minimum absolute atomic E-state index is 0.108. The van der Waals surface area contributed by atoms with Gasteiger partial charge in [-0.1, -0.05) is 12.1 Å². The standard InChI is InChI=1S/C16H19N3O4/c1-16(2,3)23-15(22)19-7-9(8-19)12-10-5-4-6-11(14(20)21)13(10)18-17-12/h4-6,9H,7-8H2,1-3H3,(H,17,18)(H,20,21). The van der Waals surface area contributed by atoms with Crippen LogP contribution in [0.3, 0.4) is 0 Å². The van der Waals surface area contributed by atoms with Crippen LogP contribution in [0.5, 0.6) is 0 Å². The summed E-state index contributed by atoms with van der Waals surface area (Å²) in [5, 5.41) is 17.1. The number of hydrogen-bond acceptors (Lipinski definition) is 4. The zero-order valence-corrected chi connectivity index (χ0v) is 13.3. The van der Waals surface area contributed by atoms with Gasteiger partial charge in [-0.25, -0.2) is 9.59 Å². The molecule has 23 heavy (non-hydrogen) atoms. The average Bonchev–Trinajstić information content (AvgIpc) is 2.78. The summed E-state index contributed by atoms with van der Waals surface area (Å²) in [6.45, 7) is 6.56. The minimum Gasteiger partial charge on any atom is -0.478 e. The molecule has 0 atom stereocenters. The number of carbonyl (C=O) groups is 2. The van der Waals surface area contributed by atoms with Crippen LogP contribution in [0.25, 0.3) is 10.9 Å². The van der Waals surface area contributed by atoms with Gasteiger partial charge in [-0.2, -0.15) is 5.10 Å². The van der Waals surface area contributed by atoms with Crippen molar-refractivity contribution in [1.82, 2.24) is 15.1 Å². The third kappa shape index (κ3) is 2.86. The molecule has 1 amide bonds. The van der Waals surface area contributed by atoms with Gasteiger partial charge in [-0.3, -0.25) is 5.10 Å². The van der Waals surface area contributed by atoms with Crippen LogP contribution in [0.1, 0.15) is 42.7 Å². The van der Waals surface area contributed by atoms with Crippen molar-refractivity contribution < 1.29 is 19.4 Å². The topological polar surface area (TPSA) is 95.5 Å². The van der Waals surface area contributed by atoms with Crippen molar-refractivity contribution in [1.29, 1.82) is 0 Å². The van der Waals surface area contributed by atoms with Crippen LogP contribution in [0.4, 0.5) is 4.79 Å². The fourth-order valence-electron chi connectivity index (χ4n) is 2.68. The van der Waals surface area contributed by atoms with Crippen LogP contribution in [-0.4, -0.2) is 51.0 Å². The lowest BCUT2D eigenvalue weighted by Gasteiger charge is -2.39. The molecule has 0 aliphatic carbocycles. The normalized spacial score (nSPS) is 15.5. The van der Waals surface area contributed by atoms with Crippen LogP contribution in [0.15, 0.2) is 18.2 Å². The second-order valence-corrected chi connectivity index (χ2v) is 6.73. The lowest BCUT2D eigenvalue weighted by Crippen LogP contribution is -2.50. The highest BCUT2D eigenvalue weighted by molar-refractivity contribution is 6.02. The number of nitrogens with zero attached hydrogens (tertiary/aromatic N) is 2. The number of aromatic carboxylic acids is 1. The first-order chi connectivity index (χ1) is 10.8. The molecule has 2 N–H and O–H groups in total. The van der Waals surface area contributed by atoms with E-state index in [9.17, 15) is 14.7 Å². The minimum atomic E-state index is -1.00. The first-order valence-corrected chi connectivity index (χ1v) is 7.44. The molecule has 0 bridgehead atoms. The molecule has 1 aromatic carbocycles. The quantitative estimate of drug-likeness (QED) is 0.887. The number of carboxylic acid groups (broad SMARTS) is 1. The number of carbonyl (C=O) groups excluding carboxylic acids is 1. The van der Waals surface area contributed by atoms with Crippen molar-refractivity contribution in [2.75, 3.05) is 13.1 Å². The third-order valence-corrected chi connectivity index (χ3v) is 3.79. The lowest BCUT2D eigenvalue weighted by atomic mass is 9.94. The van der Waals surface area contributed by atoms with Gasteiger partial charge in [0.15, 0.2) is 0 Å². The van der Waals surface area contributed by atoms with Crippen LogP contribution < -0.4 is 0 Å². The Hall–Kier alpha value is -2.57. The number of hydrogen-bond donors (Lipinski definition) is 2. The number of aromatic nitrogens is 2. The Kier molecular flexibility index (Phi) is 3.50. The molecular weight excluding hydrogens is 298 g/mol. The van der Waals surface area contributed by atoms with E-state index in [1.54, 1.807) is 11.0 Å². The largest absolute Gasteiger partial charge is 0.478 e. The van der Waals surface area contributed by atoms with Crippen molar-refractivity contribution >= 4 is 23.0 Å². The average molecular weight is 317 g/mol. The number of benzene rings is 1. The molecule has 7 heteroatoms. The van der Waals surface area contributed by atoms with Gasteiger partial charge in [0.05, 0.1) is 5.56 Å². The smallest absolute Gasteiger partial charge is 0.410 e. The number of rotatable bonds is 2. The van der Waals surface area contributed by atoms with Crippen molar-refractivity contribution in [3.05, 3.63) is 29.5 Å². The molecule has 1 aliphatic rings. The zero-order chi connectivity index (χ0) is 16.8. The van der Waals surface area contributed by atoms with Gasteiger partial charge < -0.3 is 14.7 Å². The van der Waals surface area contributed by atoms with Gasteiger partial charge in [0, 0.05) is 30.1 Å². The fourth-order valence-corrected chi connectivity index (χ4v) is 2.68. The number of nitrogens with one attached hydrogen (secondary N) is 1. The number of aromatic amines is 1. The van der Waals surface area contributed by atoms with Gasteiger partial charge in [-0.05, 0) is 26.8 Å². The number of H-pyrrole nitrogens is 1. The highest BCUT2D eigenvalue weighted by Crippen LogP contribution is 2.32. The zero-order valence-electron chi connectivity index (χ0n) is 13.3. The van der Waals surface area contributed by atoms with Gasteiger partial charge in [0.25, 0.3) is 0 Å².